The van der Waals surface area contributed by atoms with E-state index in [1.54, 1.807) is 12.3 Å². The molecule has 2 unspecified atom stereocenters. The molecule has 0 bridgehead atoms. The molecule has 3 aromatic rings. The van der Waals surface area contributed by atoms with Crippen LogP contribution in [0.1, 0.15) is 17.0 Å². The number of fused-ring (bicyclic) bond motifs is 1. The third-order valence-electron chi connectivity index (χ3n) is 4.48. The molecule has 0 radical (unpaired) electrons. The fraction of sp³-hybridized carbons (Fsp3) is 0.316. The highest BCUT2D eigenvalue weighted by Gasteiger charge is 2.33. The number of alkyl halides is 1. The van der Waals surface area contributed by atoms with Crippen molar-refractivity contribution in [1.82, 2.24) is 19.9 Å². The van der Waals surface area contributed by atoms with Crippen LogP contribution in [-0.4, -0.2) is 45.2 Å². The molecule has 1 aliphatic rings. The number of aromatic nitrogens is 3. The van der Waals surface area contributed by atoms with Crippen molar-refractivity contribution in [3.8, 4) is 6.07 Å². The van der Waals surface area contributed by atoms with Crippen molar-refractivity contribution in [3.63, 3.8) is 0 Å². The van der Waals surface area contributed by atoms with Crippen molar-refractivity contribution < 1.29 is 9.13 Å². The number of nitrogens with zero attached hydrogens (tertiary/aromatic N) is 4. The number of ether oxygens (including phenoxy) is 1. The number of hydrogen-bond donors (Lipinski definition) is 1. The number of halogens is 1. The van der Waals surface area contributed by atoms with Gasteiger partial charge in [0.05, 0.1) is 17.1 Å². The molecule has 132 valence electrons. The predicted molar refractivity (Wildman–Crippen MR) is 93.8 cm³/mol. The Kier molecular flexibility index (Phi) is 4.61. The van der Waals surface area contributed by atoms with E-state index in [1.807, 2.05) is 35.2 Å². The first kappa shape index (κ1) is 16.6. The largest absolute Gasteiger partial charge is 0.366 e. The van der Waals surface area contributed by atoms with Gasteiger partial charge < -0.3 is 9.72 Å². The molecule has 1 aromatic carbocycles. The normalized spacial score (nSPS) is 20.5. The second-order valence-corrected chi connectivity index (χ2v) is 6.43. The van der Waals surface area contributed by atoms with E-state index in [0.29, 0.717) is 36.7 Å². The molecule has 1 saturated heterocycles. The predicted octanol–water partition coefficient (Wildman–Crippen LogP) is 2.57. The average molecular weight is 351 g/mol. The first-order valence-corrected chi connectivity index (χ1v) is 8.48. The van der Waals surface area contributed by atoms with Gasteiger partial charge >= 0.3 is 0 Å². The Bertz CT molecular complexity index is 917. The minimum atomic E-state index is -1.04. The topological polar surface area (TPSA) is 77.8 Å². The highest BCUT2D eigenvalue weighted by Crippen LogP contribution is 2.21. The van der Waals surface area contributed by atoms with Crippen molar-refractivity contribution in [2.75, 3.05) is 13.1 Å². The second-order valence-electron chi connectivity index (χ2n) is 6.43. The summed E-state index contributed by atoms with van der Waals surface area (Å²) in [4.78, 5) is 13.7. The van der Waals surface area contributed by atoms with Crippen molar-refractivity contribution in [2.24, 2.45) is 0 Å². The highest BCUT2D eigenvalue weighted by molar-refractivity contribution is 5.69. The number of pyridine rings is 1. The summed E-state index contributed by atoms with van der Waals surface area (Å²) in [5, 5.41) is 8.98. The van der Waals surface area contributed by atoms with Gasteiger partial charge in [-0.1, -0.05) is 12.1 Å². The summed E-state index contributed by atoms with van der Waals surface area (Å²) in [6, 6.07) is 13.2. The molecular formula is C19H18FN5O. The molecule has 7 heteroatoms. The number of nitriles is 1. The quantitative estimate of drug-likeness (QED) is 0.764. The number of imidazole rings is 1. The van der Waals surface area contributed by atoms with Crippen LogP contribution in [0.3, 0.4) is 0 Å². The molecule has 26 heavy (non-hydrogen) atoms. The molecule has 1 aliphatic heterocycles. The van der Waals surface area contributed by atoms with E-state index in [-0.39, 0.29) is 6.61 Å². The summed E-state index contributed by atoms with van der Waals surface area (Å²) < 4.78 is 20.1. The lowest BCUT2D eigenvalue weighted by atomic mass is 10.1. The standard InChI is InChI=1S/C19H18FN5O/c20-15-10-25(9-14-4-1-3-13(7-14)8-21)11-17(15)26-12-18-23-16-5-2-6-22-19(16)24-18/h1-7,15,17H,9-12H2,(H,22,23,24). The highest BCUT2D eigenvalue weighted by atomic mass is 19.1. The molecule has 1 fully saturated rings. The molecule has 0 aliphatic carbocycles. The maximum absolute atomic E-state index is 14.3. The van der Waals surface area contributed by atoms with Crippen LogP contribution in [0.4, 0.5) is 4.39 Å². The number of rotatable bonds is 5. The molecule has 0 spiro atoms. The van der Waals surface area contributed by atoms with Gasteiger partial charge in [-0.2, -0.15) is 5.26 Å². The van der Waals surface area contributed by atoms with Crippen LogP contribution in [0.15, 0.2) is 42.6 Å². The summed E-state index contributed by atoms with van der Waals surface area (Å²) in [5.41, 5.74) is 3.09. The fourth-order valence-electron chi connectivity index (χ4n) is 3.24. The number of benzene rings is 1. The molecule has 4 rings (SSSR count). The van der Waals surface area contributed by atoms with Gasteiger partial charge in [-0.3, -0.25) is 4.90 Å². The first-order valence-electron chi connectivity index (χ1n) is 8.48. The number of hydrogen-bond acceptors (Lipinski definition) is 5. The Hall–Kier alpha value is -2.82. The number of likely N-dealkylation sites (tertiary alicyclic amines) is 1. The van der Waals surface area contributed by atoms with Crippen molar-refractivity contribution >= 4 is 11.2 Å². The van der Waals surface area contributed by atoms with Crippen LogP contribution >= 0.6 is 0 Å². The number of H-pyrrole nitrogens is 1. The summed E-state index contributed by atoms with van der Waals surface area (Å²) in [6.07, 6.45) is 0.147. The Morgan fingerprint density at radius 3 is 3.08 bits per heavy atom. The second kappa shape index (κ2) is 7.20. The maximum atomic E-state index is 14.3. The van der Waals surface area contributed by atoms with Gasteiger partial charge in [-0.05, 0) is 29.8 Å². The Balaban J connectivity index is 1.35. The lowest BCUT2D eigenvalue weighted by Gasteiger charge is -2.15. The SMILES string of the molecule is N#Cc1cccc(CN2CC(F)C(OCc3nc4ncccc4[nH]3)C2)c1. The Morgan fingerprint density at radius 1 is 1.31 bits per heavy atom. The lowest BCUT2D eigenvalue weighted by molar-refractivity contribution is 0.00863. The van der Waals surface area contributed by atoms with E-state index in [4.69, 9.17) is 10.00 Å². The molecular weight excluding hydrogens is 333 g/mol. The molecule has 6 nitrogen and oxygen atoms in total. The third kappa shape index (κ3) is 3.57. The van der Waals surface area contributed by atoms with E-state index in [0.717, 1.165) is 11.1 Å². The number of nitrogens with one attached hydrogen (secondary N) is 1. The average Bonchev–Trinajstić information content (AvgIpc) is 3.22. The van der Waals surface area contributed by atoms with Crippen LogP contribution in [0.25, 0.3) is 11.2 Å². The Labute approximate surface area is 150 Å². The van der Waals surface area contributed by atoms with Crippen LogP contribution in [0, 0.1) is 11.3 Å². The van der Waals surface area contributed by atoms with Crippen LogP contribution in [0.2, 0.25) is 0 Å². The molecule has 3 heterocycles. The summed E-state index contributed by atoms with van der Waals surface area (Å²) in [5.74, 6) is 0.645. The zero-order valence-corrected chi connectivity index (χ0v) is 14.1. The molecule has 1 N–H and O–H groups in total. The van der Waals surface area contributed by atoms with Gasteiger partial charge in [-0.15, -0.1) is 0 Å². The van der Waals surface area contributed by atoms with Gasteiger partial charge in [0.15, 0.2) is 5.65 Å². The van der Waals surface area contributed by atoms with Crippen molar-refractivity contribution in [2.45, 2.75) is 25.4 Å². The molecule has 0 amide bonds. The summed E-state index contributed by atoms with van der Waals surface area (Å²) in [7, 11) is 0. The molecule has 2 atom stereocenters. The van der Waals surface area contributed by atoms with Crippen LogP contribution in [0.5, 0.6) is 0 Å². The summed E-state index contributed by atoms with van der Waals surface area (Å²) >= 11 is 0. The van der Waals surface area contributed by atoms with Crippen molar-refractivity contribution in [3.05, 3.63) is 59.5 Å². The van der Waals surface area contributed by atoms with Gasteiger partial charge in [0.2, 0.25) is 0 Å². The van der Waals surface area contributed by atoms with Gasteiger partial charge in [0, 0.05) is 25.8 Å². The summed E-state index contributed by atoms with van der Waals surface area (Å²) in [6.45, 7) is 1.66. The van der Waals surface area contributed by atoms with E-state index >= 15 is 0 Å². The van der Waals surface area contributed by atoms with Crippen LogP contribution < -0.4 is 0 Å². The number of aromatic amines is 1. The van der Waals surface area contributed by atoms with Gasteiger partial charge in [-0.25, -0.2) is 14.4 Å². The zero-order valence-electron chi connectivity index (χ0n) is 14.1. The lowest BCUT2D eigenvalue weighted by Crippen LogP contribution is -2.24. The Morgan fingerprint density at radius 2 is 2.23 bits per heavy atom. The van der Waals surface area contributed by atoms with E-state index < -0.39 is 12.3 Å². The van der Waals surface area contributed by atoms with Gasteiger partial charge in [0.25, 0.3) is 0 Å². The zero-order chi connectivity index (χ0) is 17.9. The monoisotopic (exact) mass is 351 g/mol. The van der Waals surface area contributed by atoms with E-state index in [9.17, 15) is 4.39 Å². The maximum Gasteiger partial charge on any atom is 0.177 e. The smallest absolute Gasteiger partial charge is 0.177 e. The van der Waals surface area contributed by atoms with Crippen molar-refractivity contribution in [1.29, 1.82) is 5.26 Å². The fourth-order valence-corrected chi connectivity index (χ4v) is 3.24. The molecule has 0 saturated carbocycles. The van der Waals surface area contributed by atoms with Gasteiger partial charge in [0.1, 0.15) is 24.7 Å². The van der Waals surface area contributed by atoms with E-state index in [2.05, 4.69) is 21.0 Å². The molecule has 2 aromatic heterocycles. The first-order chi connectivity index (χ1) is 12.7. The minimum Gasteiger partial charge on any atom is -0.366 e. The van der Waals surface area contributed by atoms with E-state index in [1.165, 1.54) is 0 Å². The third-order valence-corrected chi connectivity index (χ3v) is 4.48. The van der Waals surface area contributed by atoms with Crippen LogP contribution in [-0.2, 0) is 17.9 Å². The minimum absolute atomic E-state index is 0.221.